The predicted octanol–water partition coefficient (Wildman–Crippen LogP) is 28.4. The largest absolute Gasteiger partial charge is 0.477 e. The molecule has 0 aliphatic heterocycles. The second kappa shape index (κ2) is 80.9. The van der Waals surface area contributed by atoms with Gasteiger partial charge in [0, 0.05) is 12.8 Å². The third kappa shape index (κ3) is 82.4. The summed E-state index contributed by atoms with van der Waals surface area (Å²) in [5.74, 6) is -1.97. The molecule has 0 bridgehead atoms. The van der Waals surface area contributed by atoms with E-state index in [0.29, 0.717) is 17.4 Å². The molecule has 0 rings (SSSR count). The van der Waals surface area contributed by atoms with Crippen LogP contribution in [0, 0.1) is 0 Å². The number of nitrogens with zero attached hydrogens (tertiary/aromatic N) is 1. The molecule has 9 heteroatoms. The summed E-state index contributed by atoms with van der Waals surface area (Å²) in [6.07, 6.45) is 105. The third-order valence-electron chi connectivity index (χ3n) is 20.1. The molecule has 0 amide bonds. The van der Waals surface area contributed by atoms with Gasteiger partial charge in [-0.05, 0) is 51.4 Å². The molecule has 2 atom stereocenters. The Kier molecular flexibility index (Phi) is 78.7. The Morgan fingerprint density at radius 3 is 0.859 bits per heavy atom. The van der Waals surface area contributed by atoms with Crippen molar-refractivity contribution in [3.8, 4) is 0 Å². The number of unbranched alkanes of at least 4 members (excludes halogenated alkanes) is 60. The zero-order chi connectivity index (χ0) is 71.8. The van der Waals surface area contributed by atoms with Crippen molar-refractivity contribution in [3.63, 3.8) is 0 Å². The molecule has 0 aliphatic rings. The molecule has 0 saturated carbocycles. The highest BCUT2D eigenvalue weighted by Crippen LogP contribution is 2.21. The maximum atomic E-state index is 13.0. The first kappa shape index (κ1) is 96.2. The Balaban J connectivity index is 3.90. The molecule has 0 aromatic rings. The van der Waals surface area contributed by atoms with Crippen molar-refractivity contribution in [2.75, 3.05) is 47.5 Å². The van der Waals surface area contributed by atoms with Gasteiger partial charge in [0.1, 0.15) is 13.2 Å². The van der Waals surface area contributed by atoms with E-state index in [0.717, 1.165) is 64.2 Å². The smallest absolute Gasteiger partial charge is 0.361 e. The molecular formula is C90H170NO8+. The highest BCUT2D eigenvalue weighted by Gasteiger charge is 2.25. The molecule has 99 heavy (non-hydrogen) atoms. The van der Waals surface area contributed by atoms with E-state index in [1.807, 2.05) is 21.1 Å². The SMILES string of the molecule is CC/C=C\C/C=C\C/C=C\C/C=C\CCCCCCCCCCCCCCCCCCCCCCCCC(=O)OC(COC(=O)CCCCCCCCCCCCCCCCCCCCCCCCCCCCCCCCCCCCCCCCC)COC(OCC[N+](C)(C)C)C(=O)O. The minimum atomic E-state index is -1.51. The van der Waals surface area contributed by atoms with Crippen molar-refractivity contribution in [2.24, 2.45) is 0 Å². The number of ether oxygens (including phenoxy) is 4. The van der Waals surface area contributed by atoms with Crippen LogP contribution in [0.4, 0.5) is 0 Å². The van der Waals surface area contributed by atoms with Crippen LogP contribution >= 0.6 is 0 Å². The molecule has 1 N–H and O–H groups in total. The van der Waals surface area contributed by atoms with E-state index >= 15 is 0 Å². The first-order valence-electron chi connectivity index (χ1n) is 43.8. The second-order valence-corrected chi connectivity index (χ2v) is 31.2. The second-order valence-electron chi connectivity index (χ2n) is 31.2. The maximum absolute atomic E-state index is 13.0. The number of likely N-dealkylation sites (N-methyl/N-ethyl adjacent to an activating group) is 1. The minimum absolute atomic E-state index is 0.175. The lowest BCUT2D eigenvalue weighted by Gasteiger charge is -2.25. The fourth-order valence-corrected chi connectivity index (χ4v) is 13.5. The maximum Gasteiger partial charge on any atom is 0.361 e. The first-order valence-corrected chi connectivity index (χ1v) is 43.8. The topological polar surface area (TPSA) is 108 Å². The van der Waals surface area contributed by atoms with E-state index in [4.69, 9.17) is 18.9 Å². The standard InChI is InChI=1S/C90H169NO8/c1-6-8-10-12-14-16-18-20-22-24-26-28-30-32-34-36-38-40-42-43-44-45-47-48-50-52-54-56-58-60-62-64-66-68-70-72-74-76-78-80-87(92)97-84-86(85-98-90(89(94)95)96-83-82-91(3,4)5)99-88(93)81-79-77-75-73-71-69-67-65-63-61-59-57-55-53-51-49-46-41-39-37-35-33-31-29-27-25-23-21-19-17-15-13-11-9-7-2/h9,11,15,17,21,23,27,29,86,90H,6-8,10,12-14,16,18-20,22,24-26,28,30-85H2,1-5H3/p+1/b11-9-,17-15-,23-21-,29-27-. The first-order chi connectivity index (χ1) is 48.6. The van der Waals surface area contributed by atoms with E-state index in [9.17, 15) is 19.5 Å². The lowest BCUT2D eigenvalue weighted by Crippen LogP contribution is -2.40. The van der Waals surface area contributed by atoms with Gasteiger partial charge in [0.2, 0.25) is 0 Å². The number of carboxylic acid groups (broad SMARTS) is 1. The van der Waals surface area contributed by atoms with Crippen LogP contribution in [0.2, 0.25) is 0 Å². The molecule has 0 fully saturated rings. The number of allylic oxidation sites excluding steroid dienone is 8. The zero-order valence-electron chi connectivity index (χ0n) is 66.9. The summed E-state index contributed by atoms with van der Waals surface area (Å²) in [6.45, 7) is 4.85. The summed E-state index contributed by atoms with van der Waals surface area (Å²) in [5.41, 5.74) is 0. The van der Waals surface area contributed by atoms with Crippen LogP contribution in [-0.4, -0.2) is 87.4 Å². The highest BCUT2D eigenvalue weighted by atomic mass is 16.7. The number of rotatable bonds is 83. The number of carboxylic acids is 1. The molecule has 0 aromatic carbocycles. The number of quaternary nitrogens is 1. The van der Waals surface area contributed by atoms with Gasteiger partial charge in [-0.3, -0.25) is 9.59 Å². The average Bonchev–Trinajstić information content (AvgIpc) is 1.16. The van der Waals surface area contributed by atoms with Crippen LogP contribution in [0.15, 0.2) is 48.6 Å². The van der Waals surface area contributed by atoms with Gasteiger partial charge in [-0.15, -0.1) is 0 Å². The van der Waals surface area contributed by atoms with Crippen LogP contribution < -0.4 is 0 Å². The Labute approximate surface area is 616 Å². The lowest BCUT2D eigenvalue weighted by molar-refractivity contribution is -0.870. The summed E-state index contributed by atoms with van der Waals surface area (Å²) in [4.78, 5) is 37.8. The van der Waals surface area contributed by atoms with Crippen molar-refractivity contribution in [3.05, 3.63) is 48.6 Å². The Hall–Kier alpha value is -2.75. The Bertz CT molecular complexity index is 1770. The van der Waals surface area contributed by atoms with Gasteiger partial charge in [-0.1, -0.05) is 435 Å². The fraction of sp³-hybridized carbons (Fsp3) is 0.878. The zero-order valence-corrected chi connectivity index (χ0v) is 66.9. The fourth-order valence-electron chi connectivity index (χ4n) is 13.5. The monoisotopic (exact) mass is 1390 g/mol. The number of aliphatic carboxylic acids is 1. The van der Waals surface area contributed by atoms with Gasteiger partial charge in [-0.2, -0.15) is 0 Å². The summed E-state index contributed by atoms with van der Waals surface area (Å²) in [6, 6.07) is 0. The van der Waals surface area contributed by atoms with Crippen LogP contribution in [0.5, 0.6) is 0 Å². The molecule has 9 nitrogen and oxygen atoms in total. The lowest BCUT2D eigenvalue weighted by atomic mass is 10.0. The van der Waals surface area contributed by atoms with Crippen LogP contribution in [-0.2, 0) is 33.3 Å². The van der Waals surface area contributed by atoms with Gasteiger partial charge in [0.15, 0.2) is 6.10 Å². The number of carbonyl (C=O) groups excluding carboxylic acids is 2. The van der Waals surface area contributed by atoms with Gasteiger partial charge >= 0.3 is 17.9 Å². The predicted molar refractivity (Wildman–Crippen MR) is 429 cm³/mol. The number of carbonyl (C=O) groups is 3. The molecule has 0 aliphatic carbocycles. The molecule has 2 unspecified atom stereocenters. The van der Waals surface area contributed by atoms with Crippen molar-refractivity contribution in [1.82, 2.24) is 0 Å². The normalized spacial score (nSPS) is 12.8. The molecular weight excluding hydrogens is 1220 g/mol. The minimum Gasteiger partial charge on any atom is -0.477 e. The van der Waals surface area contributed by atoms with E-state index in [1.165, 1.54) is 360 Å². The van der Waals surface area contributed by atoms with Gasteiger partial charge < -0.3 is 28.5 Å². The summed E-state index contributed by atoms with van der Waals surface area (Å²) in [7, 11) is 6.00. The molecule has 0 saturated heterocycles. The third-order valence-corrected chi connectivity index (χ3v) is 20.1. The molecule has 582 valence electrons. The van der Waals surface area contributed by atoms with Gasteiger partial charge in [0.05, 0.1) is 34.4 Å². The molecule has 0 spiro atoms. The van der Waals surface area contributed by atoms with Crippen molar-refractivity contribution in [2.45, 2.75) is 463 Å². The van der Waals surface area contributed by atoms with E-state index in [2.05, 4.69) is 62.5 Å². The Morgan fingerprint density at radius 2 is 0.576 bits per heavy atom. The van der Waals surface area contributed by atoms with Crippen molar-refractivity contribution < 1.29 is 42.9 Å². The molecule has 0 radical (unpaired) electrons. The van der Waals surface area contributed by atoms with Crippen LogP contribution in [0.25, 0.3) is 0 Å². The van der Waals surface area contributed by atoms with Crippen molar-refractivity contribution >= 4 is 17.9 Å². The Morgan fingerprint density at radius 1 is 0.313 bits per heavy atom. The van der Waals surface area contributed by atoms with Crippen molar-refractivity contribution in [1.29, 1.82) is 0 Å². The van der Waals surface area contributed by atoms with E-state index in [-0.39, 0.29) is 38.2 Å². The molecule has 0 aromatic heterocycles. The summed E-state index contributed by atoms with van der Waals surface area (Å²) < 4.78 is 23.1. The van der Waals surface area contributed by atoms with Crippen LogP contribution in [0.1, 0.15) is 450 Å². The van der Waals surface area contributed by atoms with Gasteiger partial charge in [0.25, 0.3) is 6.29 Å². The number of hydrogen-bond donors (Lipinski definition) is 1. The van der Waals surface area contributed by atoms with E-state index in [1.54, 1.807) is 0 Å². The average molecular weight is 1390 g/mol. The number of esters is 2. The van der Waals surface area contributed by atoms with Gasteiger partial charge in [-0.25, -0.2) is 4.79 Å². The molecule has 0 heterocycles. The highest BCUT2D eigenvalue weighted by molar-refractivity contribution is 5.71. The summed E-state index contributed by atoms with van der Waals surface area (Å²) in [5, 5.41) is 9.79. The van der Waals surface area contributed by atoms with E-state index < -0.39 is 18.4 Å². The number of hydrogen-bond acceptors (Lipinski definition) is 7. The van der Waals surface area contributed by atoms with Crippen LogP contribution in [0.3, 0.4) is 0 Å². The summed E-state index contributed by atoms with van der Waals surface area (Å²) >= 11 is 0. The quantitative estimate of drug-likeness (QED) is 0.0211.